The summed E-state index contributed by atoms with van der Waals surface area (Å²) in [4.78, 5) is 0. The van der Waals surface area contributed by atoms with Crippen LogP contribution in [0.15, 0.2) is 18.2 Å². The van der Waals surface area contributed by atoms with Crippen molar-refractivity contribution in [2.75, 3.05) is 6.54 Å². The van der Waals surface area contributed by atoms with Crippen molar-refractivity contribution in [3.63, 3.8) is 0 Å². The molecule has 1 aromatic rings. The van der Waals surface area contributed by atoms with Gasteiger partial charge < -0.3 is 10.1 Å². The van der Waals surface area contributed by atoms with Crippen LogP contribution in [0.2, 0.25) is 0 Å². The highest BCUT2D eigenvalue weighted by Gasteiger charge is 2.08. The third-order valence-corrected chi connectivity index (χ3v) is 2.52. The van der Waals surface area contributed by atoms with Crippen molar-refractivity contribution in [2.45, 2.75) is 47.3 Å². The number of hydrogen-bond acceptors (Lipinski definition) is 2. The Kier molecular flexibility index (Phi) is 5.49. The van der Waals surface area contributed by atoms with Crippen LogP contribution in [0.5, 0.6) is 5.75 Å². The molecule has 0 aromatic heterocycles. The average Bonchev–Trinajstić information content (AvgIpc) is 2.22. The fraction of sp³-hybridized carbons (Fsp3) is 0.600. The summed E-state index contributed by atoms with van der Waals surface area (Å²) in [5.41, 5.74) is 2.46. The lowest BCUT2D eigenvalue weighted by Gasteiger charge is -2.17. The third kappa shape index (κ3) is 4.78. The number of aryl methyl sites for hydroxylation is 1. The zero-order chi connectivity index (χ0) is 12.8. The first-order valence-corrected chi connectivity index (χ1v) is 6.46. The Balaban J connectivity index is 2.72. The van der Waals surface area contributed by atoms with Gasteiger partial charge in [0.1, 0.15) is 5.75 Å². The van der Waals surface area contributed by atoms with Crippen LogP contribution >= 0.6 is 0 Å². The van der Waals surface area contributed by atoms with E-state index in [4.69, 9.17) is 4.74 Å². The SMILES string of the molecule is Cc1cccc(CNCC(C)C)c1OC(C)C. The summed E-state index contributed by atoms with van der Waals surface area (Å²) in [5, 5.41) is 3.46. The summed E-state index contributed by atoms with van der Waals surface area (Å²) < 4.78 is 5.89. The molecule has 1 rings (SSSR count). The minimum atomic E-state index is 0.222. The standard InChI is InChI=1S/C15H25NO/c1-11(2)9-16-10-14-8-6-7-13(5)15(14)17-12(3)4/h6-8,11-12,16H,9-10H2,1-5H3. The van der Waals surface area contributed by atoms with Crippen molar-refractivity contribution < 1.29 is 4.74 Å². The summed E-state index contributed by atoms with van der Waals surface area (Å²) in [6.07, 6.45) is 0.222. The number of para-hydroxylation sites is 1. The molecule has 0 aliphatic rings. The van der Waals surface area contributed by atoms with Crippen LogP contribution in [0.3, 0.4) is 0 Å². The van der Waals surface area contributed by atoms with Crippen LogP contribution in [-0.4, -0.2) is 12.6 Å². The average molecular weight is 235 g/mol. The zero-order valence-corrected chi connectivity index (χ0v) is 11.7. The minimum absolute atomic E-state index is 0.222. The van der Waals surface area contributed by atoms with E-state index in [1.807, 2.05) is 0 Å². The predicted octanol–water partition coefficient (Wildman–Crippen LogP) is 3.53. The molecule has 2 heteroatoms. The lowest BCUT2D eigenvalue weighted by atomic mass is 10.1. The molecule has 0 bridgehead atoms. The second-order valence-corrected chi connectivity index (χ2v) is 5.25. The van der Waals surface area contributed by atoms with Gasteiger partial charge in [-0.1, -0.05) is 32.0 Å². The molecule has 0 spiro atoms. The van der Waals surface area contributed by atoms with Crippen molar-refractivity contribution >= 4 is 0 Å². The Bertz CT molecular complexity index is 345. The van der Waals surface area contributed by atoms with Crippen molar-refractivity contribution in [3.8, 4) is 5.75 Å². The maximum Gasteiger partial charge on any atom is 0.127 e. The largest absolute Gasteiger partial charge is 0.490 e. The molecule has 2 nitrogen and oxygen atoms in total. The van der Waals surface area contributed by atoms with E-state index in [-0.39, 0.29) is 6.10 Å². The van der Waals surface area contributed by atoms with Gasteiger partial charge in [-0.3, -0.25) is 0 Å². The molecule has 0 atom stereocenters. The van der Waals surface area contributed by atoms with Crippen LogP contribution in [0.25, 0.3) is 0 Å². The van der Waals surface area contributed by atoms with E-state index in [1.54, 1.807) is 0 Å². The van der Waals surface area contributed by atoms with Crippen molar-refractivity contribution in [1.82, 2.24) is 5.32 Å². The molecule has 0 aliphatic heterocycles. The quantitative estimate of drug-likeness (QED) is 0.814. The topological polar surface area (TPSA) is 21.3 Å². The summed E-state index contributed by atoms with van der Waals surface area (Å²) in [6.45, 7) is 12.6. The van der Waals surface area contributed by atoms with E-state index in [9.17, 15) is 0 Å². The summed E-state index contributed by atoms with van der Waals surface area (Å²) in [7, 11) is 0. The van der Waals surface area contributed by atoms with Gasteiger partial charge in [0.15, 0.2) is 0 Å². The maximum absolute atomic E-state index is 5.89. The fourth-order valence-corrected chi connectivity index (χ4v) is 1.75. The van der Waals surface area contributed by atoms with Gasteiger partial charge >= 0.3 is 0 Å². The molecule has 0 fully saturated rings. The van der Waals surface area contributed by atoms with E-state index in [2.05, 4.69) is 58.1 Å². The molecule has 96 valence electrons. The van der Waals surface area contributed by atoms with Gasteiger partial charge in [-0.2, -0.15) is 0 Å². The van der Waals surface area contributed by atoms with Crippen molar-refractivity contribution in [2.24, 2.45) is 5.92 Å². The molecule has 0 saturated carbocycles. The molecule has 1 N–H and O–H groups in total. The lowest BCUT2D eigenvalue weighted by molar-refractivity contribution is 0.237. The monoisotopic (exact) mass is 235 g/mol. The second kappa shape index (κ2) is 6.65. The number of hydrogen-bond donors (Lipinski definition) is 1. The van der Waals surface area contributed by atoms with Crippen molar-refractivity contribution in [3.05, 3.63) is 29.3 Å². The van der Waals surface area contributed by atoms with E-state index in [0.717, 1.165) is 18.8 Å². The third-order valence-electron chi connectivity index (χ3n) is 2.52. The lowest BCUT2D eigenvalue weighted by Crippen LogP contribution is -2.20. The first-order valence-electron chi connectivity index (χ1n) is 6.46. The number of rotatable bonds is 6. The highest BCUT2D eigenvalue weighted by atomic mass is 16.5. The molecule has 0 saturated heterocycles. The van der Waals surface area contributed by atoms with Gasteiger partial charge in [-0.15, -0.1) is 0 Å². The van der Waals surface area contributed by atoms with Crippen LogP contribution in [0, 0.1) is 12.8 Å². The van der Waals surface area contributed by atoms with Crippen molar-refractivity contribution in [1.29, 1.82) is 0 Å². The molecule has 0 unspecified atom stereocenters. The summed E-state index contributed by atoms with van der Waals surface area (Å²) >= 11 is 0. The molecule has 0 radical (unpaired) electrons. The molecule has 17 heavy (non-hydrogen) atoms. The Morgan fingerprint density at radius 3 is 2.47 bits per heavy atom. The maximum atomic E-state index is 5.89. The molecule has 0 amide bonds. The number of benzene rings is 1. The summed E-state index contributed by atoms with van der Waals surface area (Å²) in [5.74, 6) is 1.72. The minimum Gasteiger partial charge on any atom is -0.490 e. The van der Waals surface area contributed by atoms with Gasteiger partial charge in [0.25, 0.3) is 0 Å². The van der Waals surface area contributed by atoms with Gasteiger partial charge in [0, 0.05) is 12.1 Å². The molecule has 0 aliphatic carbocycles. The van der Waals surface area contributed by atoms with E-state index in [1.165, 1.54) is 11.1 Å². The zero-order valence-electron chi connectivity index (χ0n) is 11.7. The molecular formula is C15H25NO. The Morgan fingerprint density at radius 1 is 1.18 bits per heavy atom. The van der Waals surface area contributed by atoms with Gasteiger partial charge in [0.05, 0.1) is 6.10 Å². The first-order chi connectivity index (χ1) is 8.00. The highest BCUT2D eigenvalue weighted by Crippen LogP contribution is 2.24. The van der Waals surface area contributed by atoms with E-state index >= 15 is 0 Å². The number of nitrogens with one attached hydrogen (secondary N) is 1. The van der Waals surface area contributed by atoms with Gasteiger partial charge in [-0.25, -0.2) is 0 Å². The van der Waals surface area contributed by atoms with Gasteiger partial charge in [-0.05, 0) is 38.8 Å². The Hall–Kier alpha value is -1.02. The highest BCUT2D eigenvalue weighted by molar-refractivity contribution is 5.40. The predicted molar refractivity (Wildman–Crippen MR) is 73.5 cm³/mol. The van der Waals surface area contributed by atoms with E-state index in [0.29, 0.717) is 5.92 Å². The van der Waals surface area contributed by atoms with E-state index < -0.39 is 0 Å². The van der Waals surface area contributed by atoms with Crippen LogP contribution in [-0.2, 0) is 6.54 Å². The van der Waals surface area contributed by atoms with Crippen LogP contribution < -0.4 is 10.1 Å². The Labute approximate surface area is 105 Å². The second-order valence-electron chi connectivity index (χ2n) is 5.25. The number of ether oxygens (including phenoxy) is 1. The van der Waals surface area contributed by atoms with Gasteiger partial charge in [0.2, 0.25) is 0 Å². The molecular weight excluding hydrogens is 210 g/mol. The smallest absolute Gasteiger partial charge is 0.127 e. The summed E-state index contributed by atoms with van der Waals surface area (Å²) in [6, 6.07) is 6.33. The molecule has 0 heterocycles. The normalized spacial score (nSPS) is 11.2. The first kappa shape index (κ1) is 14.0. The van der Waals surface area contributed by atoms with Crippen LogP contribution in [0.4, 0.5) is 0 Å². The Morgan fingerprint density at radius 2 is 1.88 bits per heavy atom. The fourth-order valence-electron chi connectivity index (χ4n) is 1.75. The molecule has 1 aromatic carbocycles. The van der Waals surface area contributed by atoms with Crippen LogP contribution in [0.1, 0.15) is 38.8 Å².